The maximum atomic E-state index is 8.92. The molecule has 92 valence electrons. The van der Waals surface area contributed by atoms with Crippen molar-refractivity contribution in [3.8, 4) is 6.07 Å². The molecule has 1 aromatic heterocycles. The summed E-state index contributed by atoms with van der Waals surface area (Å²) in [5.74, 6) is 0.841. The topological polar surface area (TPSA) is 66.5 Å². The standard InChI is InChI=1S/C12H12BrN5/c1-8(12-17-15-7-18(12)2)16-11-4-9(6-14)3-10(13)5-11/h3-5,7-8,16H,1-2H3. The summed E-state index contributed by atoms with van der Waals surface area (Å²) in [6.45, 7) is 2.00. The smallest absolute Gasteiger partial charge is 0.154 e. The number of aryl methyl sites for hydroxylation is 1. The Morgan fingerprint density at radius 3 is 2.83 bits per heavy atom. The van der Waals surface area contributed by atoms with Gasteiger partial charge in [-0.2, -0.15) is 5.26 Å². The van der Waals surface area contributed by atoms with Crippen molar-refractivity contribution in [2.45, 2.75) is 13.0 Å². The SMILES string of the molecule is CC(Nc1cc(Br)cc(C#N)c1)c1nncn1C. The highest BCUT2D eigenvalue weighted by Gasteiger charge is 2.11. The molecule has 1 N–H and O–H groups in total. The van der Waals surface area contributed by atoms with Gasteiger partial charge in [-0.25, -0.2) is 0 Å². The monoisotopic (exact) mass is 305 g/mol. The van der Waals surface area contributed by atoms with Crippen molar-refractivity contribution < 1.29 is 0 Å². The van der Waals surface area contributed by atoms with Gasteiger partial charge in [0.2, 0.25) is 0 Å². The van der Waals surface area contributed by atoms with Gasteiger partial charge in [0, 0.05) is 17.2 Å². The van der Waals surface area contributed by atoms with Crippen LogP contribution in [-0.2, 0) is 7.05 Å². The van der Waals surface area contributed by atoms with Crippen LogP contribution in [0.25, 0.3) is 0 Å². The molecule has 2 rings (SSSR count). The molecule has 0 aliphatic carbocycles. The minimum Gasteiger partial charge on any atom is -0.375 e. The first kappa shape index (κ1) is 12.6. The van der Waals surface area contributed by atoms with Gasteiger partial charge in [-0.05, 0) is 25.1 Å². The average Bonchev–Trinajstić information content (AvgIpc) is 2.74. The van der Waals surface area contributed by atoms with Crippen molar-refractivity contribution in [3.05, 3.63) is 40.4 Å². The van der Waals surface area contributed by atoms with Crippen molar-refractivity contribution in [2.75, 3.05) is 5.32 Å². The molecule has 1 aromatic carbocycles. The summed E-state index contributed by atoms with van der Waals surface area (Å²) in [6.07, 6.45) is 1.66. The molecule has 0 aliphatic heterocycles. The van der Waals surface area contributed by atoms with Crippen LogP contribution in [-0.4, -0.2) is 14.8 Å². The Morgan fingerprint density at radius 1 is 1.44 bits per heavy atom. The second-order valence-electron chi connectivity index (χ2n) is 4.01. The van der Waals surface area contributed by atoms with Gasteiger partial charge in [0.25, 0.3) is 0 Å². The number of nitrogens with one attached hydrogen (secondary N) is 1. The second kappa shape index (κ2) is 5.19. The fourth-order valence-corrected chi connectivity index (χ4v) is 2.23. The van der Waals surface area contributed by atoms with Crippen LogP contribution in [0.2, 0.25) is 0 Å². The normalized spacial score (nSPS) is 11.9. The van der Waals surface area contributed by atoms with Gasteiger partial charge in [-0.15, -0.1) is 10.2 Å². The third kappa shape index (κ3) is 2.68. The third-order valence-corrected chi connectivity index (χ3v) is 3.00. The number of aromatic nitrogens is 3. The summed E-state index contributed by atoms with van der Waals surface area (Å²) < 4.78 is 2.73. The van der Waals surface area contributed by atoms with Crippen LogP contribution >= 0.6 is 15.9 Å². The summed E-state index contributed by atoms with van der Waals surface area (Å²) in [7, 11) is 1.90. The van der Waals surface area contributed by atoms with Gasteiger partial charge in [-0.3, -0.25) is 0 Å². The first-order valence-electron chi connectivity index (χ1n) is 5.41. The first-order chi connectivity index (χ1) is 8.60. The highest BCUT2D eigenvalue weighted by molar-refractivity contribution is 9.10. The van der Waals surface area contributed by atoms with Gasteiger partial charge in [0.05, 0.1) is 17.7 Å². The molecular weight excluding hydrogens is 294 g/mol. The first-order valence-corrected chi connectivity index (χ1v) is 6.20. The summed E-state index contributed by atoms with van der Waals surface area (Å²) in [6, 6.07) is 7.64. The van der Waals surface area contributed by atoms with Crippen LogP contribution in [0.1, 0.15) is 24.4 Å². The van der Waals surface area contributed by atoms with Gasteiger partial charge >= 0.3 is 0 Å². The van der Waals surface area contributed by atoms with Crippen molar-refractivity contribution in [1.82, 2.24) is 14.8 Å². The summed E-state index contributed by atoms with van der Waals surface area (Å²) in [5.41, 5.74) is 1.48. The Morgan fingerprint density at radius 2 is 2.22 bits per heavy atom. The van der Waals surface area contributed by atoms with Crippen molar-refractivity contribution in [1.29, 1.82) is 5.26 Å². The maximum absolute atomic E-state index is 8.92. The van der Waals surface area contributed by atoms with Crippen LogP contribution < -0.4 is 5.32 Å². The zero-order valence-corrected chi connectivity index (χ0v) is 11.6. The highest BCUT2D eigenvalue weighted by Crippen LogP contribution is 2.22. The molecule has 1 atom stereocenters. The number of hydrogen-bond donors (Lipinski definition) is 1. The average molecular weight is 306 g/mol. The molecule has 0 bridgehead atoms. The zero-order chi connectivity index (χ0) is 13.1. The van der Waals surface area contributed by atoms with E-state index >= 15 is 0 Å². The van der Waals surface area contributed by atoms with Crippen molar-refractivity contribution in [2.24, 2.45) is 7.05 Å². The molecule has 0 saturated heterocycles. The lowest BCUT2D eigenvalue weighted by Crippen LogP contribution is -2.12. The molecule has 2 aromatic rings. The van der Waals surface area contributed by atoms with Gasteiger partial charge in [-0.1, -0.05) is 15.9 Å². The van der Waals surface area contributed by atoms with Gasteiger partial charge in [0.15, 0.2) is 5.82 Å². The van der Waals surface area contributed by atoms with E-state index in [2.05, 4.69) is 37.5 Å². The predicted molar refractivity (Wildman–Crippen MR) is 71.9 cm³/mol. The lowest BCUT2D eigenvalue weighted by Gasteiger charge is -2.14. The van der Waals surface area contributed by atoms with E-state index in [1.165, 1.54) is 0 Å². The molecule has 0 fully saturated rings. The maximum Gasteiger partial charge on any atom is 0.154 e. The number of nitriles is 1. The van der Waals surface area contributed by atoms with Crippen molar-refractivity contribution >= 4 is 21.6 Å². The number of halogens is 1. The highest BCUT2D eigenvalue weighted by atomic mass is 79.9. The summed E-state index contributed by atoms with van der Waals surface area (Å²) in [4.78, 5) is 0. The molecule has 0 radical (unpaired) electrons. The Labute approximate surface area is 114 Å². The van der Waals surface area contributed by atoms with Crippen molar-refractivity contribution in [3.63, 3.8) is 0 Å². The van der Waals surface area contributed by atoms with E-state index < -0.39 is 0 Å². The summed E-state index contributed by atoms with van der Waals surface area (Å²) >= 11 is 3.38. The number of rotatable bonds is 3. The molecule has 0 spiro atoms. The lowest BCUT2D eigenvalue weighted by atomic mass is 10.2. The zero-order valence-electron chi connectivity index (χ0n) is 10.1. The van der Waals surface area contributed by atoms with E-state index in [4.69, 9.17) is 5.26 Å². The van der Waals surface area contributed by atoms with Gasteiger partial charge < -0.3 is 9.88 Å². The molecule has 0 aliphatic rings. The minimum absolute atomic E-state index is 0.0124. The van der Waals surface area contributed by atoms with E-state index in [-0.39, 0.29) is 6.04 Å². The molecular formula is C12H12BrN5. The number of benzene rings is 1. The fourth-order valence-electron chi connectivity index (χ4n) is 1.74. The van der Waals surface area contributed by atoms with Crippen LogP contribution in [0.3, 0.4) is 0 Å². The van der Waals surface area contributed by atoms with E-state index in [1.807, 2.05) is 24.6 Å². The number of nitrogens with zero attached hydrogens (tertiary/aromatic N) is 4. The molecule has 1 heterocycles. The van der Waals surface area contributed by atoms with Crippen LogP contribution in [0.15, 0.2) is 29.0 Å². The largest absolute Gasteiger partial charge is 0.375 e. The molecule has 6 heteroatoms. The van der Waals surface area contributed by atoms with Crippen LogP contribution in [0.5, 0.6) is 0 Å². The lowest BCUT2D eigenvalue weighted by molar-refractivity contribution is 0.719. The molecule has 1 unspecified atom stereocenters. The number of anilines is 1. The molecule has 0 amide bonds. The molecule has 18 heavy (non-hydrogen) atoms. The van der Waals surface area contributed by atoms with E-state index in [9.17, 15) is 0 Å². The predicted octanol–water partition coefficient (Wildman–Crippen LogP) is 2.62. The molecule has 5 nitrogen and oxygen atoms in total. The third-order valence-electron chi connectivity index (χ3n) is 2.54. The van der Waals surface area contributed by atoms with E-state index in [0.29, 0.717) is 5.56 Å². The Bertz CT molecular complexity index is 599. The van der Waals surface area contributed by atoms with E-state index in [1.54, 1.807) is 18.5 Å². The Kier molecular flexibility index (Phi) is 3.63. The Balaban J connectivity index is 2.22. The Hall–Kier alpha value is -1.87. The quantitative estimate of drug-likeness (QED) is 0.946. The number of hydrogen-bond acceptors (Lipinski definition) is 4. The van der Waals surface area contributed by atoms with Crippen LogP contribution in [0.4, 0.5) is 5.69 Å². The van der Waals surface area contributed by atoms with E-state index in [0.717, 1.165) is 16.0 Å². The molecule has 0 saturated carbocycles. The van der Waals surface area contributed by atoms with Crippen LogP contribution in [0, 0.1) is 11.3 Å². The fraction of sp³-hybridized carbons (Fsp3) is 0.250. The summed E-state index contributed by atoms with van der Waals surface area (Å²) in [5, 5.41) is 20.1. The second-order valence-corrected chi connectivity index (χ2v) is 4.92. The minimum atomic E-state index is 0.0124. The van der Waals surface area contributed by atoms with Gasteiger partial charge in [0.1, 0.15) is 6.33 Å².